The molecule has 0 saturated heterocycles. The molecule has 1 unspecified atom stereocenters. The van der Waals surface area contributed by atoms with Gasteiger partial charge in [0.2, 0.25) is 5.88 Å². The Morgan fingerprint density at radius 1 is 1.21 bits per heavy atom. The predicted octanol–water partition coefficient (Wildman–Crippen LogP) is 0.479. The van der Waals surface area contributed by atoms with Crippen molar-refractivity contribution in [1.29, 1.82) is 0 Å². The summed E-state index contributed by atoms with van der Waals surface area (Å²) in [6, 6.07) is 11.1. The highest BCUT2D eigenvalue weighted by molar-refractivity contribution is 5.32. The summed E-state index contributed by atoms with van der Waals surface area (Å²) in [5.41, 5.74) is 3.51. The number of aromatic nitrogens is 2. The quantitative estimate of drug-likeness (QED) is 0.282. The van der Waals surface area contributed by atoms with Gasteiger partial charge in [0.1, 0.15) is 25.1 Å². The molecule has 2 aromatic rings. The van der Waals surface area contributed by atoms with Gasteiger partial charge in [-0.25, -0.2) is 5.84 Å². The summed E-state index contributed by atoms with van der Waals surface area (Å²) in [6.45, 7) is 3.62. The second kappa shape index (κ2) is 9.66. The molecule has 1 aromatic carbocycles. The van der Waals surface area contributed by atoms with Crippen molar-refractivity contribution >= 4 is 5.82 Å². The minimum Gasteiger partial charge on any atom is -0.491 e. The zero-order valence-electron chi connectivity index (χ0n) is 13.6. The van der Waals surface area contributed by atoms with Crippen LogP contribution in [0.3, 0.4) is 0 Å². The number of rotatable bonds is 10. The third-order valence-electron chi connectivity index (χ3n) is 3.13. The molecule has 130 valence electrons. The summed E-state index contributed by atoms with van der Waals surface area (Å²) in [5, 5.41) is 20.6. The Kier molecular flexibility index (Phi) is 7.21. The Morgan fingerprint density at radius 3 is 2.79 bits per heavy atom. The van der Waals surface area contributed by atoms with Gasteiger partial charge >= 0.3 is 0 Å². The van der Waals surface area contributed by atoms with Gasteiger partial charge in [-0.2, -0.15) is 0 Å². The molecular formula is C16H23N5O3. The lowest BCUT2D eigenvalue weighted by Crippen LogP contribution is -2.33. The van der Waals surface area contributed by atoms with Crippen LogP contribution in [0.5, 0.6) is 11.6 Å². The molecule has 8 heteroatoms. The van der Waals surface area contributed by atoms with Crippen LogP contribution in [0.4, 0.5) is 5.82 Å². The first-order valence-electron chi connectivity index (χ1n) is 7.69. The molecule has 0 spiro atoms. The normalized spacial score (nSPS) is 11.8. The fraction of sp³-hybridized carbons (Fsp3) is 0.375. The highest BCUT2D eigenvalue weighted by atomic mass is 16.5. The van der Waals surface area contributed by atoms with Crippen molar-refractivity contribution < 1.29 is 14.6 Å². The third-order valence-corrected chi connectivity index (χ3v) is 3.13. The van der Waals surface area contributed by atoms with E-state index in [1.807, 2.05) is 31.2 Å². The van der Waals surface area contributed by atoms with Crippen LogP contribution in [0.1, 0.15) is 5.56 Å². The van der Waals surface area contributed by atoms with Crippen molar-refractivity contribution in [2.24, 2.45) is 5.84 Å². The Balaban J connectivity index is 1.56. The van der Waals surface area contributed by atoms with Crippen LogP contribution >= 0.6 is 0 Å². The minimum absolute atomic E-state index is 0.232. The molecule has 8 nitrogen and oxygen atoms in total. The Morgan fingerprint density at radius 2 is 2.08 bits per heavy atom. The molecule has 0 aliphatic rings. The summed E-state index contributed by atoms with van der Waals surface area (Å²) in [7, 11) is 0. The maximum absolute atomic E-state index is 9.88. The number of nitrogens with zero attached hydrogens (tertiary/aromatic N) is 2. The van der Waals surface area contributed by atoms with Crippen LogP contribution in [-0.4, -0.2) is 47.7 Å². The average molecular weight is 333 g/mol. The largest absolute Gasteiger partial charge is 0.491 e. The Bertz CT molecular complexity index is 609. The molecule has 0 saturated carbocycles. The number of aliphatic hydroxyl groups excluding tert-OH is 1. The van der Waals surface area contributed by atoms with E-state index < -0.39 is 6.10 Å². The van der Waals surface area contributed by atoms with Crippen molar-refractivity contribution in [3.05, 3.63) is 42.0 Å². The van der Waals surface area contributed by atoms with E-state index in [2.05, 4.69) is 20.9 Å². The monoisotopic (exact) mass is 333 g/mol. The van der Waals surface area contributed by atoms with Gasteiger partial charge in [-0.3, -0.25) is 0 Å². The number of ether oxygens (including phenoxy) is 2. The fourth-order valence-corrected chi connectivity index (χ4v) is 1.93. The molecule has 5 N–H and O–H groups in total. The van der Waals surface area contributed by atoms with Crippen LogP contribution in [0.25, 0.3) is 0 Å². The van der Waals surface area contributed by atoms with E-state index in [1.165, 1.54) is 0 Å². The molecule has 0 fully saturated rings. The molecule has 0 bridgehead atoms. The van der Waals surface area contributed by atoms with Gasteiger partial charge in [0.15, 0.2) is 5.82 Å². The van der Waals surface area contributed by atoms with E-state index in [0.717, 1.165) is 11.3 Å². The molecular weight excluding hydrogens is 310 g/mol. The summed E-state index contributed by atoms with van der Waals surface area (Å²) >= 11 is 0. The molecule has 0 aliphatic carbocycles. The third kappa shape index (κ3) is 6.37. The van der Waals surface area contributed by atoms with Gasteiger partial charge in [0.05, 0.1) is 0 Å². The zero-order chi connectivity index (χ0) is 17.2. The molecule has 0 amide bonds. The van der Waals surface area contributed by atoms with Crippen LogP contribution in [-0.2, 0) is 0 Å². The Hall–Kier alpha value is -2.42. The molecule has 0 aliphatic heterocycles. The molecule has 24 heavy (non-hydrogen) atoms. The topological polar surface area (TPSA) is 115 Å². The first-order valence-corrected chi connectivity index (χ1v) is 7.69. The highest BCUT2D eigenvalue weighted by Gasteiger charge is 2.05. The van der Waals surface area contributed by atoms with Crippen molar-refractivity contribution in [3.8, 4) is 11.6 Å². The van der Waals surface area contributed by atoms with Gasteiger partial charge in [0.25, 0.3) is 0 Å². The van der Waals surface area contributed by atoms with E-state index in [1.54, 1.807) is 12.1 Å². The number of hydrogen-bond acceptors (Lipinski definition) is 8. The summed E-state index contributed by atoms with van der Waals surface area (Å²) in [5.74, 6) is 6.84. The van der Waals surface area contributed by atoms with E-state index in [-0.39, 0.29) is 6.61 Å². The van der Waals surface area contributed by atoms with Crippen LogP contribution in [0.15, 0.2) is 36.4 Å². The maximum Gasteiger partial charge on any atom is 0.233 e. The predicted molar refractivity (Wildman–Crippen MR) is 90.9 cm³/mol. The van der Waals surface area contributed by atoms with E-state index in [4.69, 9.17) is 15.3 Å². The minimum atomic E-state index is -0.597. The van der Waals surface area contributed by atoms with Crippen LogP contribution < -0.4 is 26.1 Å². The van der Waals surface area contributed by atoms with Gasteiger partial charge in [-0.05, 0) is 30.7 Å². The second-order valence-corrected chi connectivity index (χ2v) is 5.24. The summed E-state index contributed by atoms with van der Waals surface area (Å²) in [6.07, 6.45) is -0.597. The van der Waals surface area contributed by atoms with Gasteiger partial charge in [0, 0.05) is 19.2 Å². The number of hydrazine groups is 1. The highest BCUT2D eigenvalue weighted by Crippen LogP contribution is 2.12. The first kappa shape index (κ1) is 17.9. The smallest absolute Gasteiger partial charge is 0.233 e. The van der Waals surface area contributed by atoms with Crippen molar-refractivity contribution in [1.82, 2.24) is 15.5 Å². The van der Waals surface area contributed by atoms with E-state index in [0.29, 0.717) is 31.4 Å². The van der Waals surface area contributed by atoms with Crippen LogP contribution in [0, 0.1) is 6.92 Å². The molecule has 0 radical (unpaired) electrons. The second-order valence-electron chi connectivity index (χ2n) is 5.24. The number of nitrogens with two attached hydrogens (primary N) is 1. The van der Waals surface area contributed by atoms with Crippen molar-refractivity contribution in [3.63, 3.8) is 0 Å². The number of hydrogen-bond donors (Lipinski definition) is 4. The molecule has 1 aromatic heterocycles. The average Bonchev–Trinajstić information content (AvgIpc) is 2.60. The van der Waals surface area contributed by atoms with E-state index in [9.17, 15) is 5.11 Å². The lowest BCUT2D eigenvalue weighted by Gasteiger charge is -2.13. The molecule has 1 heterocycles. The fourth-order valence-electron chi connectivity index (χ4n) is 1.93. The van der Waals surface area contributed by atoms with Gasteiger partial charge in [-0.15, -0.1) is 10.2 Å². The van der Waals surface area contributed by atoms with Crippen molar-refractivity contribution in [2.75, 3.05) is 31.7 Å². The number of benzene rings is 1. The lowest BCUT2D eigenvalue weighted by atomic mass is 10.2. The van der Waals surface area contributed by atoms with Crippen molar-refractivity contribution in [2.45, 2.75) is 13.0 Å². The number of aryl methyl sites for hydroxylation is 1. The SMILES string of the molecule is Cc1cccc(OCC(O)CNCCOc2ccc(NN)nn2)c1. The number of nitrogens with one attached hydrogen (secondary N) is 2. The number of anilines is 1. The lowest BCUT2D eigenvalue weighted by molar-refractivity contribution is 0.105. The van der Waals surface area contributed by atoms with Gasteiger partial charge < -0.3 is 25.3 Å². The Labute approximate surface area is 141 Å². The number of aliphatic hydroxyl groups is 1. The van der Waals surface area contributed by atoms with Crippen LogP contribution in [0.2, 0.25) is 0 Å². The van der Waals surface area contributed by atoms with E-state index >= 15 is 0 Å². The first-order chi connectivity index (χ1) is 11.7. The zero-order valence-corrected chi connectivity index (χ0v) is 13.6. The maximum atomic E-state index is 9.88. The summed E-state index contributed by atoms with van der Waals surface area (Å²) < 4.78 is 11.0. The number of nitrogen functional groups attached to an aromatic ring is 1. The molecule has 2 rings (SSSR count). The molecule has 1 atom stereocenters. The standard InChI is InChI=1S/C16H23N5O3/c1-12-3-2-4-14(9-12)24-11-13(22)10-18-7-8-23-16-6-5-15(19-17)20-21-16/h2-6,9,13,18,22H,7-8,10-11,17H2,1H3,(H,19,20). The summed E-state index contributed by atoms with van der Waals surface area (Å²) in [4.78, 5) is 0. The van der Waals surface area contributed by atoms with Gasteiger partial charge in [-0.1, -0.05) is 12.1 Å².